The van der Waals surface area contributed by atoms with E-state index in [4.69, 9.17) is 14.2 Å². The first kappa shape index (κ1) is 48.8. The molecule has 2 aromatic heterocycles. The fraction of sp³-hybridized carbons (Fsp3) is 0.538. The van der Waals surface area contributed by atoms with Gasteiger partial charge in [-0.2, -0.15) is 0 Å². The van der Waals surface area contributed by atoms with E-state index in [1.165, 1.54) is 21.6 Å². The molecule has 2 aromatic carbocycles. The van der Waals surface area contributed by atoms with Crippen molar-refractivity contribution in [3.63, 3.8) is 0 Å². The first-order chi connectivity index (χ1) is 33.8. The third-order valence-corrected chi connectivity index (χ3v) is 19.6. The standard InChI is InChI=1S/C52H65N7O9S2/c1-6-48(64)27-33-28-58(29-48)21-16-35-34-13-8-9-14-38(34)54-42(35)51(32(33)3,30-67-31-60)37-25-36-39(26-40(37)66-5)57(4)44-50(36)18-22-59-20-12-17-49(7-2,43(50)59)45(61)52(44,65)46(62)55-56-47(63)68-23-24-69-70-41-15-10-11-19-53-41/h8-15,17,19,25-26,31-33,43-45,54,61,64-65H,6-7,16,18,20-24,27-30H2,1-5H3,(H,55,62)(H,56,63)/t32?,33-,43-,44+,45+,48-,49+,50+,51+,52-/m0/s1. The van der Waals surface area contributed by atoms with Crippen molar-refractivity contribution >= 4 is 56.7 Å². The number of hydrogen-bond donors (Lipinski definition) is 6. The maximum Gasteiger partial charge on any atom is 0.426 e. The quantitative estimate of drug-likeness (QED) is 0.0340. The van der Waals surface area contributed by atoms with Gasteiger partial charge in [0, 0.05) is 96.0 Å². The number of piperidine rings is 1. The molecule has 18 heteroatoms. The average molecular weight is 996 g/mol. The van der Waals surface area contributed by atoms with Crippen LogP contribution in [-0.2, 0) is 36.3 Å². The lowest BCUT2D eigenvalue weighted by molar-refractivity contribution is -0.204. The molecule has 3 fully saturated rings. The maximum atomic E-state index is 15.0. The average Bonchev–Trinajstić information content (AvgIpc) is 4.04. The Labute approximate surface area is 416 Å². The van der Waals surface area contributed by atoms with Crippen LogP contribution in [-0.4, -0.2) is 149 Å². The van der Waals surface area contributed by atoms with Gasteiger partial charge in [-0.25, -0.2) is 15.2 Å². The molecule has 0 radical (unpaired) electrons. The Kier molecular flexibility index (Phi) is 13.0. The number of aromatic amines is 1. The Morgan fingerprint density at radius 1 is 1.04 bits per heavy atom. The Morgan fingerprint density at radius 3 is 2.61 bits per heavy atom. The fourth-order valence-electron chi connectivity index (χ4n) is 14.3. The highest BCUT2D eigenvalue weighted by molar-refractivity contribution is 8.76. The maximum absolute atomic E-state index is 15.0. The Bertz CT molecular complexity index is 2680. The molecule has 2 saturated heterocycles. The van der Waals surface area contributed by atoms with Gasteiger partial charge in [-0.1, -0.05) is 68.0 Å². The van der Waals surface area contributed by atoms with Crippen LogP contribution in [0.5, 0.6) is 5.75 Å². The number of benzene rings is 2. The number of H-pyrrole nitrogens is 1. The van der Waals surface area contributed by atoms with Gasteiger partial charge in [-0.15, -0.1) is 0 Å². The topological polar surface area (TPSA) is 202 Å². The number of hydrogen-bond acceptors (Lipinski definition) is 15. The summed E-state index contributed by atoms with van der Waals surface area (Å²) in [5.41, 5.74) is 3.67. The number of aromatic nitrogens is 2. The number of hydrazine groups is 1. The summed E-state index contributed by atoms with van der Waals surface area (Å²) in [5, 5.41) is 40.4. The number of aliphatic hydroxyl groups excluding tert-OH is 1. The number of methoxy groups -OCH3 is 1. The van der Waals surface area contributed by atoms with Crippen LogP contribution in [0.2, 0.25) is 0 Å². The minimum atomic E-state index is -2.49. The largest absolute Gasteiger partial charge is 0.496 e. The molecule has 6 N–H and O–H groups in total. The van der Waals surface area contributed by atoms with Crippen LogP contribution in [0.3, 0.4) is 0 Å². The molecule has 11 atom stereocenters. The van der Waals surface area contributed by atoms with Crippen molar-refractivity contribution in [1.82, 2.24) is 30.6 Å². The third kappa shape index (κ3) is 7.36. The summed E-state index contributed by atoms with van der Waals surface area (Å²) in [6, 6.07) is 16.7. The summed E-state index contributed by atoms with van der Waals surface area (Å²) in [6.07, 6.45) is 5.95. The second-order valence-electron chi connectivity index (χ2n) is 20.4. The summed E-state index contributed by atoms with van der Waals surface area (Å²) < 4.78 is 18.0. The summed E-state index contributed by atoms with van der Waals surface area (Å²) in [7, 11) is 6.40. The number of nitrogens with one attached hydrogen (secondary N) is 3. The molecule has 2 unspecified atom stereocenters. The molecular weight excluding hydrogens is 931 g/mol. The molecule has 7 heterocycles. The summed E-state index contributed by atoms with van der Waals surface area (Å²) in [5.74, 6) is -0.274. The number of amides is 2. The number of para-hydroxylation sites is 1. The van der Waals surface area contributed by atoms with Crippen LogP contribution < -0.4 is 20.5 Å². The van der Waals surface area contributed by atoms with E-state index in [-0.39, 0.29) is 31.1 Å². The van der Waals surface area contributed by atoms with E-state index in [0.717, 1.165) is 57.1 Å². The van der Waals surface area contributed by atoms with Crippen molar-refractivity contribution in [2.24, 2.45) is 17.3 Å². The highest BCUT2D eigenvalue weighted by atomic mass is 33.1. The summed E-state index contributed by atoms with van der Waals surface area (Å²) >= 11 is 0. The predicted molar refractivity (Wildman–Crippen MR) is 269 cm³/mol. The lowest BCUT2D eigenvalue weighted by atomic mass is 9.47. The number of carbonyl (C=O) groups excluding carboxylic acids is 3. The first-order valence-corrected chi connectivity index (χ1v) is 26.9. The molecule has 374 valence electrons. The van der Waals surface area contributed by atoms with Crippen molar-refractivity contribution in [2.75, 3.05) is 70.7 Å². The first-order valence-electron chi connectivity index (χ1n) is 24.6. The van der Waals surface area contributed by atoms with Gasteiger partial charge in [0.05, 0.1) is 24.2 Å². The van der Waals surface area contributed by atoms with E-state index in [0.29, 0.717) is 69.7 Å². The van der Waals surface area contributed by atoms with Crippen molar-refractivity contribution < 1.29 is 43.9 Å². The van der Waals surface area contributed by atoms with Gasteiger partial charge >= 0.3 is 6.09 Å². The number of ether oxygens (including phenoxy) is 3. The molecule has 1 saturated carbocycles. The molecule has 2 amide bonds. The fourth-order valence-corrected chi connectivity index (χ4v) is 16.0. The third-order valence-electron chi connectivity index (χ3n) is 17.4. The van der Waals surface area contributed by atoms with E-state index < -0.39 is 51.6 Å². The summed E-state index contributed by atoms with van der Waals surface area (Å²) in [6.45, 7) is 10.0. The zero-order valence-corrected chi connectivity index (χ0v) is 42.1. The Hall–Kier alpha value is -4.82. The van der Waals surface area contributed by atoms with Crippen molar-refractivity contribution in [2.45, 2.75) is 98.1 Å². The molecule has 6 aliphatic rings. The van der Waals surface area contributed by atoms with Crippen LogP contribution in [0.4, 0.5) is 10.5 Å². The number of likely N-dealkylation sites (N-methyl/N-ethyl adjacent to an activating group) is 1. The van der Waals surface area contributed by atoms with Gasteiger partial charge in [-0.05, 0) is 96.7 Å². The lowest BCUT2D eigenvalue weighted by Gasteiger charge is -2.63. The predicted octanol–water partition coefficient (Wildman–Crippen LogP) is 5.09. The second kappa shape index (κ2) is 18.7. The van der Waals surface area contributed by atoms with Gasteiger partial charge in [0.15, 0.2) is 5.60 Å². The minimum Gasteiger partial charge on any atom is -0.496 e. The smallest absolute Gasteiger partial charge is 0.426 e. The van der Waals surface area contributed by atoms with E-state index in [1.54, 1.807) is 13.3 Å². The molecule has 70 heavy (non-hydrogen) atoms. The van der Waals surface area contributed by atoms with Gasteiger partial charge in [0.2, 0.25) is 0 Å². The van der Waals surface area contributed by atoms with E-state index in [9.17, 15) is 29.7 Å². The SMILES string of the molecule is CC[C@]1(O)C[C@H]2CN(CCc3c([nH]c4ccccc34)[C@@](COC=O)(c3cc4c(cc3OC)N(C)[C@H]3[C@@](O)(C(=O)NNC(=O)OCCSSc5ccccn5)[C@H](O)[C@]5(CC)C=CCN6CC[C@]43[C@@H]65)C2C)C1. The Morgan fingerprint density at radius 2 is 1.86 bits per heavy atom. The van der Waals surface area contributed by atoms with Crippen LogP contribution in [0.1, 0.15) is 68.8 Å². The monoisotopic (exact) mass is 995 g/mol. The van der Waals surface area contributed by atoms with Crippen molar-refractivity contribution in [1.29, 1.82) is 0 Å². The van der Waals surface area contributed by atoms with Crippen LogP contribution in [0.25, 0.3) is 10.9 Å². The highest BCUT2D eigenvalue weighted by Gasteiger charge is 2.79. The van der Waals surface area contributed by atoms with Gasteiger partial charge in [-0.3, -0.25) is 24.8 Å². The zero-order valence-electron chi connectivity index (χ0n) is 40.5. The molecule has 16 nitrogen and oxygen atoms in total. The number of anilines is 1. The number of rotatable bonds is 13. The molecular formula is C52H65N7O9S2. The number of nitrogens with zero attached hydrogens (tertiary/aromatic N) is 4. The summed E-state index contributed by atoms with van der Waals surface area (Å²) in [4.78, 5) is 55.6. The van der Waals surface area contributed by atoms with Gasteiger partial charge in [0.25, 0.3) is 12.4 Å². The molecule has 1 aliphatic carbocycles. The minimum absolute atomic E-state index is 0.0360. The van der Waals surface area contributed by atoms with E-state index in [1.807, 2.05) is 74.3 Å². The lowest BCUT2D eigenvalue weighted by Crippen LogP contribution is -2.82. The normalized spacial score (nSPS) is 34.0. The van der Waals surface area contributed by atoms with Crippen LogP contribution in [0, 0.1) is 17.3 Å². The number of pyridine rings is 1. The molecule has 10 rings (SSSR count). The number of fused-ring (bicyclic) bond motifs is 6. The molecule has 5 aliphatic heterocycles. The van der Waals surface area contributed by atoms with Crippen molar-refractivity contribution in [3.05, 3.63) is 95.3 Å². The number of aliphatic hydroxyl groups is 3. The van der Waals surface area contributed by atoms with Gasteiger partial charge < -0.3 is 39.4 Å². The van der Waals surface area contributed by atoms with E-state index in [2.05, 4.69) is 55.7 Å². The van der Waals surface area contributed by atoms with Crippen molar-refractivity contribution in [3.8, 4) is 5.75 Å². The molecule has 4 aromatic rings. The highest BCUT2D eigenvalue weighted by Crippen LogP contribution is 2.68. The molecule has 1 spiro atoms. The van der Waals surface area contributed by atoms with Crippen LogP contribution in [0.15, 0.2) is 78.0 Å². The second-order valence-corrected chi connectivity index (χ2v) is 22.8. The molecule has 2 bridgehead atoms. The Balaban J connectivity index is 1.10. The van der Waals surface area contributed by atoms with Gasteiger partial charge in [0.1, 0.15) is 30.1 Å². The number of carbonyl (C=O) groups is 3. The zero-order chi connectivity index (χ0) is 49.2. The van der Waals surface area contributed by atoms with Crippen LogP contribution >= 0.6 is 21.6 Å². The van der Waals surface area contributed by atoms with E-state index >= 15 is 0 Å².